The van der Waals surface area contributed by atoms with Crippen molar-refractivity contribution in [2.75, 3.05) is 13.2 Å². The fourth-order valence-corrected chi connectivity index (χ4v) is 2.96. The molecule has 1 amide bonds. The van der Waals surface area contributed by atoms with Crippen molar-refractivity contribution in [3.8, 4) is 11.5 Å². The highest BCUT2D eigenvalue weighted by Crippen LogP contribution is 2.36. The molecule has 2 aromatic rings. The van der Waals surface area contributed by atoms with Crippen LogP contribution in [0.5, 0.6) is 11.5 Å². The Morgan fingerprint density at radius 3 is 2.24 bits per heavy atom. The van der Waals surface area contributed by atoms with E-state index in [1.807, 2.05) is 20.8 Å². The van der Waals surface area contributed by atoms with E-state index in [0.29, 0.717) is 40.3 Å². The molecule has 0 heterocycles. The second kappa shape index (κ2) is 8.97. The maximum absolute atomic E-state index is 12.4. The smallest absolute Gasteiger partial charge is 0.253 e. The normalized spacial score (nSPS) is 11.7. The fourth-order valence-electron chi connectivity index (χ4n) is 2.42. The zero-order valence-corrected chi connectivity index (χ0v) is 15.9. The first kappa shape index (κ1) is 19.4. The molecule has 0 aliphatic heterocycles. The predicted octanol–water partition coefficient (Wildman–Crippen LogP) is 5.28. The van der Waals surface area contributed by atoms with Crippen molar-refractivity contribution >= 4 is 29.1 Å². The number of hydrogen-bond donors (Lipinski definition) is 1. The third-order valence-corrected chi connectivity index (χ3v) is 4.25. The molecule has 0 saturated heterocycles. The number of halogens is 2. The van der Waals surface area contributed by atoms with Gasteiger partial charge in [0.1, 0.15) is 0 Å². The molecule has 0 saturated carbocycles. The highest BCUT2D eigenvalue weighted by molar-refractivity contribution is 6.34. The monoisotopic (exact) mass is 381 g/mol. The van der Waals surface area contributed by atoms with Gasteiger partial charge in [0.05, 0.1) is 29.8 Å². The molecule has 6 heteroatoms. The van der Waals surface area contributed by atoms with Gasteiger partial charge in [0.15, 0.2) is 11.5 Å². The molecular weight excluding hydrogens is 361 g/mol. The Morgan fingerprint density at radius 2 is 1.64 bits per heavy atom. The molecule has 0 spiro atoms. The zero-order valence-electron chi connectivity index (χ0n) is 14.4. The van der Waals surface area contributed by atoms with Gasteiger partial charge in [-0.25, -0.2) is 0 Å². The molecule has 0 aliphatic rings. The summed E-state index contributed by atoms with van der Waals surface area (Å²) < 4.78 is 11.2. The molecule has 25 heavy (non-hydrogen) atoms. The van der Waals surface area contributed by atoms with Crippen molar-refractivity contribution in [2.45, 2.75) is 26.8 Å². The van der Waals surface area contributed by atoms with Crippen LogP contribution < -0.4 is 14.8 Å². The van der Waals surface area contributed by atoms with Gasteiger partial charge in [0.2, 0.25) is 0 Å². The van der Waals surface area contributed by atoms with Gasteiger partial charge in [-0.3, -0.25) is 4.79 Å². The molecule has 0 radical (unpaired) electrons. The number of nitrogens with one attached hydrogen (secondary N) is 1. The first-order valence-electron chi connectivity index (χ1n) is 8.12. The standard InChI is InChI=1S/C19H21Cl2NO3/c1-4-24-17-10-14(16(21)11-18(17)25-5-2)12(3)22-19(23)13-8-6-7-9-15(13)20/h6-12H,4-5H2,1-3H3,(H,22,23)/t12-/m1/s1. The Kier molecular flexibility index (Phi) is 6.97. The molecule has 0 aliphatic carbocycles. The summed E-state index contributed by atoms with van der Waals surface area (Å²) in [4.78, 5) is 12.4. The van der Waals surface area contributed by atoms with Crippen LogP contribution in [0.1, 0.15) is 42.7 Å². The van der Waals surface area contributed by atoms with Crippen LogP contribution in [-0.4, -0.2) is 19.1 Å². The first-order valence-corrected chi connectivity index (χ1v) is 8.87. The van der Waals surface area contributed by atoms with Gasteiger partial charge in [-0.2, -0.15) is 0 Å². The zero-order chi connectivity index (χ0) is 18.4. The molecule has 0 unspecified atom stereocenters. The highest BCUT2D eigenvalue weighted by atomic mass is 35.5. The number of hydrogen-bond acceptors (Lipinski definition) is 3. The number of ether oxygens (including phenoxy) is 2. The van der Waals surface area contributed by atoms with E-state index in [4.69, 9.17) is 32.7 Å². The van der Waals surface area contributed by atoms with Gasteiger partial charge in [0.25, 0.3) is 5.91 Å². The molecule has 0 bridgehead atoms. The summed E-state index contributed by atoms with van der Waals surface area (Å²) in [5.41, 5.74) is 1.16. The Labute approximate surface area is 158 Å². The summed E-state index contributed by atoms with van der Waals surface area (Å²) in [5, 5.41) is 3.81. The third-order valence-electron chi connectivity index (χ3n) is 3.60. The fraction of sp³-hybridized carbons (Fsp3) is 0.316. The summed E-state index contributed by atoms with van der Waals surface area (Å²) in [7, 11) is 0. The van der Waals surface area contributed by atoms with Crippen LogP contribution in [0.3, 0.4) is 0 Å². The second-order valence-electron chi connectivity index (χ2n) is 5.36. The van der Waals surface area contributed by atoms with Gasteiger partial charge >= 0.3 is 0 Å². The number of carbonyl (C=O) groups is 1. The average Bonchev–Trinajstić information content (AvgIpc) is 2.57. The largest absolute Gasteiger partial charge is 0.490 e. The van der Waals surface area contributed by atoms with E-state index < -0.39 is 0 Å². The minimum Gasteiger partial charge on any atom is -0.490 e. The number of carbonyl (C=O) groups excluding carboxylic acids is 1. The van der Waals surface area contributed by atoms with Crippen molar-refractivity contribution in [1.82, 2.24) is 5.32 Å². The Bertz CT molecular complexity index is 749. The minimum absolute atomic E-state index is 0.263. The maximum atomic E-state index is 12.4. The van der Waals surface area contributed by atoms with Gasteiger partial charge < -0.3 is 14.8 Å². The Hall–Kier alpha value is -1.91. The van der Waals surface area contributed by atoms with E-state index >= 15 is 0 Å². The van der Waals surface area contributed by atoms with E-state index in [1.165, 1.54) is 0 Å². The van der Waals surface area contributed by atoms with Crippen molar-refractivity contribution in [3.05, 3.63) is 57.6 Å². The lowest BCUT2D eigenvalue weighted by Gasteiger charge is -2.19. The van der Waals surface area contributed by atoms with Crippen LogP contribution in [-0.2, 0) is 0 Å². The number of amides is 1. The van der Waals surface area contributed by atoms with Crippen LogP contribution >= 0.6 is 23.2 Å². The Balaban J connectivity index is 2.26. The molecule has 4 nitrogen and oxygen atoms in total. The molecule has 2 aromatic carbocycles. The summed E-state index contributed by atoms with van der Waals surface area (Å²) in [5.74, 6) is 0.923. The minimum atomic E-state index is -0.328. The summed E-state index contributed by atoms with van der Waals surface area (Å²) >= 11 is 12.5. The highest BCUT2D eigenvalue weighted by Gasteiger charge is 2.19. The van der Waals surface area contributed by atoms with Crippen molar-refractivity contribution in [3.63, 3.8) is 0 Å². The van der Waals surface area contributed by atoms with Crippen molar-refractivity contribution in [2.24, 2.45) is 0 Å². The molecule has 1 atom stereocenters. The van der Waals surface area contributed by atoms with Crippen LogP contribution in [0.4, 0.5) is 0 Å². The predicted molar refractivity (Wildman–Crippen MR) is 101 cm³/mol. The van der Waals surface area contributed by atoms with Gasteiger partial charge in [-0.1, -0.05) is 35.3 Å². The van der Waals surface area contributed by atoms with Crippen molar-refractivity contribution in [1.29, 1.82) is 0 Å². The average molecular weight is 382 g/mol. The second-order valence-corrected chi connectivity index (χ2v) is 6.18. The van der Waals surface area contributed by atoms with E-state index in [1.54, 1.807) is 36.4 Å². The van der Waals surface area contributed by atoms with Crippen LogP contribution in [0.2, 0.25) is 10.0 Å². The van der Waals surface area contributed by atoms with Crippen LogP contribution in [0.15, 0.2) is 36.4 Å². The van der Waals surface area contributed by atoms with Gasteiger partial charge in [0, 0.05) is 11.1 Å². The van der Waals surface area contributed by atoms with E-state index in [2.05, 4.69) is 5.32 Å². The summed E-state index contributed by atoms with van der Waals surface area (Å²) in [6.07, 6.45) is 0. The molecule has 1 N–H and O–H groups in total. The van der Waals surface area contributed by atoms with Crippen LogP contribution in [0.25, 0.3) is 0 Å². The molecule has 0 aromatic heterocycles. The lowest BCUT2D eigenvalue weighted by Crippen LogP contribution is -2.27. The Morgan fingerprint density at radius 1 is 1.04 bits per heavy atom. The topological polar surface area (TPSA) is 47.6 Å². The molecule has 2 rings (SSSR count). The number of rotatable bonds is 7. The number of benzene rings is 2. The van der Waals surface area contributed by atoms with E-state index in [9.17, 15) is 4.79 Å². The van der Waals surface area contributed by atoms with Gasteiger partial charge in [-0.05, 0) is 44.5 Å². The van der Waals surface area contributed by atoms with Gasteiger partial charge in [-0.15, -0.1) is 0 Å². The van der Waals surface area contributed by atoms with E-state index in [-0.39, 0.29) is 11.9 Å². The van der Waals surface area contributed by atoms with E-state index in [0.717, 1.165) is 5.56 Å². The maximum Gasteiger partial charge on any atom is 0.253 e. The van der Waals surface area contributed by atoms with Crippen LogP contribution in [0, 0.1) is 0 Å². The lowest BCUT2D eigenvalue weighted by atomic mass is 10.1. The van der Waals surface area contributed by atoms with Crippen molar-refractivity contribution < 1.29 is 14.3 Å². The lowest BCUT2D eigenvalue weighted by molar-refractivity contribution is 0.0940. The quantitative estimate of drug-likeness (QED) is 0.709. The molecule has 134 valence electrons. The SMILES string of the molecule is CCOc1cc(Cl)c([C@@H](C)NC(=O)c2ccccc2Cl)cc1OCC. The summed E-state index contributed by atoms with van der Waals surface area (Å²) in [6, 6.07) is 10.1. The third kappa shape index (κ3) is 4.80. The first-order chi connectivity index (χ1) is 12.0. The molecular formula is C19H21Cl2NO3. The summed E-state index contributed by atoms with van der Waals surface area (Å²) in [6.45, 7) is 6.65. The molecule has 0 fully saturated rings.